The summed E-state index contributed by atoms with van der Waals surface area (Å²) in [5.74, 6) is 1.11. The van der Waals surface area contributed by atoms with Crippen molar-refractivity contribution in [1.82, 2.24) is 15.2 Å². The normalized spacial score (nSPS) is 14.7. The Labute approximate surface area is 86.3 Å². The van der Waals surface area contributed by atoms with E-state index in [0.29, 0.717) is 0 Å². The van der Waals surface area contributed by atoms with E-state index in [-0.39, 0.29) is 5.95 Å². The lowest BCUT2D eigenvalue weighted by molar-refractivity contribution is 0.289. The van der Waals surface area contributed by atoms with Crippen molar-refractivity contribution in [1.29, 1.82) is 0 Å². The predicted molar refractivity (Wildman–Crippen MR) is 55.6 cm³/mol. The second-order valence-electron chi connectivity index (χ2n) is 3.53. The lowest BCUT2D eigenvalue weighted by atomic mass is 10.0. The number of fused-ring (bicyclic) bond motifs is 3. The van der Waals surface area contributed by atoms with Gasteiger partial charge in [0.05, 0.1) is 12.1 Å². The number of aromatic nitrogens is 3. The number of nitrogens with two attached hydrogens (primary N) is 1. The first-order chi connectivity index (χ1) is 7.34. The second-order valence-corrected chi connectivity index (χ2v) is 3.53. The zero-order valence-electron chi connectivity index (χ0n) is 8.10. The van der Waals surface area contributed by atoms with Gasteiger partial charge in [-0.05, 0) is 25.0 Å². The Morgan fingerprint density at radius 3 is 3.13 bits per heavy atom. The molecule has 0 saturated carbocycles. The van der Waals surface area contributed by atoms with Crippen LogP contribution in [0.3, 0.4) is 0 Å². The van der Waals surface area contributed by atoms with Gasteiger partial charge in [-0.3, -0.25) is 0 Å². The molecule has 1 aromatic heterocycles. The third-order valence-electron chi connectivity index (χ3n) is 2.53. The van der Waals surface area contributed by atoms with Crippen LogP contribution in [0.5, 0.6) is 5.75 Å². The highest BCUT2D eigenvalue weighted by atomic mass is 16.5. The monoisotopic (exact) mass is 202 g/mol. The predicted octanol–water partition coefficient (Wildman–Crippen LogP) is 0.932. The summed E-state index contributed by atoms with van der Waals surface area (Å²) in [6.07, 6.45) is 1.98. The zero-order chi connectivity index (χ0) is 10.3. The Morgan fingerprint density at radius 1 is 1.27 bits per heavy atom. The van der Waals surface area contributed by atoms with Gasteiger partial charge in [0, 0.05) is 5.56 Å². The molecule has 2 heterocycles. The molecule has 2 N–H and O–H groups in total. The minimum absolute atomic E-state index is 0.208. The zero-order valence-corrected chi connectivity index (χ0v) is 8.10. The smallest absolute Gasteiger partial charge is 0.240 e. The quantitative estimate of drug-likeness (QED) is 0.688. The SMILES string of the molecule is Nc1nnc2c3c(ccc2n1)OCCC3. The molecule has 0 aliphatic carbocycles. The highest BCUT2D eigenvalue weighted by molar-refractivity contribution is 5.80. The molecule has 1 aromatic carbocycles. The van der Waals surface area contributed by atoms with Gasteiger partial charge in [0.1, 0.15) is 11.3 Å². The third-order valence-corrected chi connectivity index (χ3v) is 2.53. The number of benzene rings is 1. The van der Waals surface area contributed by atoms with Gasteiger partial charge in [-0.15, -0.1) is 10.2 Å². The van der Waals surface area contributed by atoms with Crippen molar-refractivity contribution in [2.45, 2.75) is 12.8 Å². The van der Waals surface area contributed by atoms with Crippen LogP contribution in [0.1, 0.15) is 12.0 Å². The maximum absolute atomic E-state index is 5.53. The largest absolute Gasteiger partial charge is 0.493 e. The topological polar surface area (TPSA) is 73.9 Å². The van der Waals surface area contributed by atoms with E-state index in [1.54, 1.807) is 0 Å². The summed E-state index contributed by atoms with van der Waals surface area (Å²) in [7, 11) is 0. The molecule has 2 aromatic rings. The average molecular weight is 202 g/mol. The molecular weight excluding hydrogens is 192 g/mol. The molecule has 5 heteroatoms. The maximum Gasteiger partial charge on any atom is 0.240 e. The summed E-state index contributed by atoms with van der Waals surface area (Å²) >= 11 is 0. The molecule has 0 fully saturated rings. The van der Waals surface area contributed by atoms with Crippen LogP contribution in [0.15, 0.2) is 12.1 Å². The third kappa shape index (κ3) is 1.27. The number of rotatable bonds is 0. The van der Waals surface area contributed by atoms with Crippen molar-refractivity contribution in [2.24, 2.45) is 0 Å². The molecule has 0 amide bonds. The molecule has 15 heavy (non-hydrogen) atoms. The van der Waals surface area contributed by atoms with Gasteiger partial charge < -0.3 is 10.5 Å². The average Bonchev–Trinajstić information content (AvgIpc) is 2.28. The molecule has 3 rings (SSSR count). The van der Waals surface area contributed by atoms with Crippen molar-refractivity contribution in [3.8, 4) is 5.75 Å². The van der Waals surface area contributed by atoms with Crippen LogP contribution in [0, 0.1) is 0 Å². The van der Waals surface area contributed by atoms with Crippen molar-refractivity contribution in [2.75, 3.05) is 12.3 Å². The van der Waals surface area contributed by atoms with E-state index in [4.69, 9.17) is 10.5 Å². The Bertz CT molecular complexity index is 526. The Kier molecular flexibility index (Phi) is 1.71. The van der Waals surface area contributed by atoms with Gasteiger partial charge in [0.15, 0.2) is 0 Å². The van der Waals surface area contributed by atoms with Crippen molar-refractivity contribution in [3.63, 3.8) is 0 Å². The number of nitrogen functional groups attached to an aromatic ring is 1. The van der Waals surface area contributed by atoms with Crippen molar-refractivity contribution < 1.29 is 4.74 Å². The summed E-state index contributed by atoms with van der Waals surface area (Å²) in [6, 6.07) is 3.79. The standard InChI is InChI=1S/C10H10N4O/c11-10-12-7-3-4-8-6(2-1-5-15-8)9(7)13-14-10/h3-4H,1-2,5H2,(H2,11,12,14). The van der Waals surface area contributed by atoms with E-state index in [9.17, 15) is 0 Å². The van der Waals surface area contributed by atoms with E-state index in [1.165, 1.54) is 0 Å². The molecule has 0 bridgehead atoms. The molecule has 76 valence electrons. The summed E-state index contributed by atoms with van der Waals surface area (Å²) in [5, 5.41) is 7.85. The second kappa shape index (κ2) is 3.05. The van der Waals surface area contributed by atoms with Crippen LogP contribution in [0.25, 0.3) is 11.0 Å². The molecule has 1 aliphatic rings. The van der Waals surface area contributed by atoms with Crippen LogP contribution in [0.4, 0.5) is 5.95 Å². The first kappa shape index (κ1) is 8.40. The van der Waals surface area contributed by atoms with Gasteiger partial charge in [0.2, 0.25) is 5.95 Å². The molecule has 0 unspecified atom stereocenters. The Balaban J connectivity index is 2.32. The summed E-state index contributed by atoms with van der Waals surface area (Å²) < 4.78 is 5.53. The lowest BCUT2D eigenvalue weighted by Gasteiger charge is -2.17. The van der Waals surface area contributed by atoms with Crippen molar-refractivity contribution in [3.05, 3.63) is 17.7 Å². The molecule has 0 atom stereocenters. The summed E-state index contributed by atoms with van der Waals surface area (Å²) in [4.78, 5) is 4.13. The van der Waals surface area contributed by atoms with Crippen LogP contribution in [-0.2, 0) is 6.42 Å². The Hall–Kier alpha value is -1.91. The molecule has 0 saturated heterocycles. The summed E-state index contributed by atoms with van der Waals surface area (Å²) in [6.45, 7) is 0.772. The van der Waals surface area contributed by atoms with Gasteiger partial charge in [-0.2, -0.15) is 0 Å². The van der Waals surface area contributed by atoms with Crippen molar-refractivity contribution >= 4 is 17.0 Å². The van der Waals surface area contributed by atoms with Crippen LogP contribution in [0.2, 0.25) is 0 Å². The fourth-order valence-corrected chi connectivity index (χ4v) is 1.86. The van der Waals surface area contributed by atoms with E-state index >= 15 is 0 Å². The number of hydrogen-bond donors (Lipinski definition) is 1. The van der Waals surface area contributed by atoms with E-state index in [0.717, 1.165) is 41.8 Å². The molecule has 0 spiro atoms. The van der Waals surface area contributed by atoms with Crippen LogP contribution < -0.4 is 10.5 Å². The van der Waals surface area contributed by atoms with Crippen LogP contribution in [-0.4, -0.2) is 21.8 Å². The van der Waals surface area contributed by atoms with E-state index in [2.05, 4.69) is 15.2 Å². The molecule has 0 radical (unpaired) electrons. The fraction of sp³-hybridized carbons (Fsp3) is 0.300. The highest BCUT2D eigenvalue weighted by Gasteiger charge is 2.15. The van der Waals surface area contributed by atoms with E-state index in [1.807, 2.05) is 12.1 Å². The number of aryl methyl sites for hydroxylation is 1. The fourth-order valence-electron chi connectivity index (χ4n) is 1.86. The number of anilines is 1. The summed E-state index contributed by atoms with van der Waals surface area (Å²) in [5.41, 5.74) is 8.17. The van der Waals surface area contributed by atoms with Gasteiger partial charge >= 0.3 is 0 Å². The Morgan fingerprint density at radius 2 is 2.20 bits per heavy atom. The van der Waals surface area contributed by atoms with Gasteiger partial charge in [-0.25, -0.2) is 4.98 Å². The number of ether oxygens (including phenoxy) is 1. The molecule has 5 nitrogen and oxygen atoms in total. The van der Waals surface area contributed by atoms with Gasteiger partial charge in [-0.1, -0.05) is 0 Å². The van der Waals surface area contributed by atoms with E-state index < -0.39 is 0 Å². The first-order valence-corrected chi connectivity index (χ1v) is 4.89. The number of hydrogen-bond acceptors (Lipinski definition) is 5. The van der Waals surface area contributed by atoms with Crippen LogP contribution >= 0.6 is 0 Å². The lowest BCUT2D eigenvalue weighted by Crippen LogP contribution is -2.10. The molecular formula is C10H10N4O. The minimum atomic E-state index is 0.208. The number of nitrogens with zero attached hydrogens (tertiary/aromatic N) is 3. The molecule has 1 aliphatic heterocycles. The highest BCUT2D eigenvalue weighted by Crippen LogP contribution is 2.29. The maximum atomic E-state index is 5.53. The first-order valence-electron chi connectivity index (χ1n) is 4.89. The minimum Gasteiger partial charge on any atom is -0.493 e. The van der Waals surface area contributed by atoms with Gasteiger partial charge in [0.25, 0.3) is 0 Å².